The van der Waals surface area contributed by atoms with Crippen LogP contribution in [0.15, 0.2) is 28.7 Å². The van der Waals surface area contributed by atoms with E-state index in [2.05, 4.69) is 15.9 Å². The molecule has 8 heteroatoms. The van der Waals surface area contributed by atoms with E-state index in [0.717, 1.165) is 11.4 Å². The van der Waals surface area contributed by atoms with Gasteiger partial charge in [0.15, 0.2) is 28.0 Å². The highest BCUT2D eigenvalue weighted by Crippen LogP contribution is 2.29. The van der Waals surface area contributed by atoms with E-state index in [1.165, 1.54) is 12.1 Å². The van der Waals surface area contributed by atoms with Crippen LogP contribution in [0.2, 0.25) is 0 Å². The fraction of sp³-hybridized carbons (Fsp3) is 0.389. The lowest BCUT2D eigenvalue weighted by Crippen LogP contribution is -2.16. The number of hydrogen-bond donors (Lipinski definition) is 0. The molecule has 0 N–H and O–H groups in total. The molecule has 1 fully saturated rings. The molecule has 1 saturated heterocycles. The molecule has 1 aliphatic rings. The largest absolute Gasteiger partial charge is 0.482 e. The summed E-state index contributed by atoms with van der Waals surface area (Å²) in [5, 5.41) is 0. The van der Waals surface area contributed by atoms with Crippen molar-refractivity contribution in [2.24, 2.45) is 0 Å². The van der Waals surface area contributed by atoms with Crippen LogP contribution in [0, 0.1) is 19.7 Å². The van der Waals surface area contributed by atoms with Crippen molar-refractivity contribution in [3.63, 3.8) is 0 Å². The zero-order valence-corrected chi connectivity index (χ0v) is 16.9. The third-order valence-electron chi connectivity index (χ3n) is 4.61. The molecule has 0 amide bonds. The zero-order valence-electron chi connectivity index (χ0n) is 14.5. The SMILES string of the molecule is Cc1cc(C(=O)COc2ccc(Br)cc2F)c(C)n1[C@H]1CCS(=O)(=O)C1. The van der Waals surface area contributed by atoms with E-state index < -0.39 is 15.7 Å². The fourth-order valence-electron chi connectivity index (χ4n) is 3.41. The number of carbonyl (C=O) groups excluding carboxylic acids is 1. The average Bonchev–Trinajstić information content (AvgIpc) is 3.05. The lowest BCUT2D eigenvalue weighted by molar-refractivity contribution is 0.0918. The first kappa shape index (κ1) is 19.1. The highest BCUT2D eigenvalue weighted by atomic mass is 79.9. The van der Waals surface area contributed by atoms with Crippen LogP contribution in [0.3, 0.4) is 0 Å². The molecule has 1 aromatic carbocycles. The Labute approximate surface area is 160 Å². The second-order valence-corrected chi connectivity index (χ2v) is 9.64. The van der Waals surface area contributed by atoms with Crippen molar-refractivity contribution in [2.45, 2.75) is 26.3 Å². The molecule has 0 unspecified atom stereocenters. The molecule has 0 bridgehead atoms. The summed E-state index contributed by atoms with van der Waals surface area (Å²) >= 11 is 3.17. The number of ether oxygens (including phenoxy) is 1. The van der Waals surface area contributed by atoms with Crippen molar-refractivity contribution < 1.29 is 22.3 Å². The summed E-state index contributed by atoms with van der Waals surface area (Å²) < 4.78 is 45.1. The highest BCUT2D eigenvalue weighted by Gasteiger charge is 2.31. The number of nitrogens with zero attached hydrogens (tertiary/aromatic N) is 1. The maximum absolute atomic E-state index is 13.8. The normalized spacial score (nSPS) is 18.8. The van der Waals surface area contributed by atoms with Crippen molar-refractivity contribution >= 4 is 31.6 Å². The minimum absolute atomic E-state index is 0.0113. The summed E-state index contributed by atoms with van der Waals surface area (Å²) in [5.74, 6) is -0.541. The number of sulfone groups is 1. The Kier molecular flexibility index (Phi) is 5.25. The Balaban J connectivity index is 1.77. The third kappa shape index (κ3) is 3.86. The molecule has 3 rings (SSSR count). The van der Waals surface area contributed by atoms with Gasteiger partial charge in [0.05, 0.1) is 11.5 Å². The molecular weight excluding hydrogens is 425 g/mol. The predicted octanol–water partition coefficient (Wildman–Crippen LogP) is 3.63. The van der Waals surface area contributed by atoms with Crippen LogP contribution < -0.4 is 4.74 Å². The number of ketones is 1. The van der Waals surface area contributed by atoms with Crippen LogP contribution in [0.5, 0.6) is 5.75 Å². The van der Waals surface area contributed by atoms with Crippen LogP contribution in [-0.2, 0) is 9.84 Å². The summed E-state index contributed by atoms with van der Waals surface area (Å²) in [4.78, 5) is 12.5. The van der Waals surface area contributed by atoms with Gasteiger partial charge < -0.3 is 9.30 Å². The van der Waals surface area contributed by atoms with E-state index in [1.807, 2.05) is 11.5 Å². The number of hydrogen-bond acceptors (Lipinski definition) is 4. The van der Waals surface area contributed by atoms with Gasteiger partial charge >= 0.3 is 0 Å². The Morgan fingerprint density at radius 1 is 1.35 bits per heavy atom. The average molecular weight is 444 g/mol. The van der Waals surface area contributed by atoms with Crippen LogP contribution in [0.1, 0.15) is 34.2 Å². The van der Waals surface area contributed by atoms with Gasteiger partial charge in [-0.2, -0.15) is 0 Å². The van der Waals surface area contributed by atoms with Crippen molar-refractivity contribution in [1.82, 2.24) is 4.57 Å². The molecule has 26 heavy (non-hydrogen) atoms. The van der Waals surface area contributed by atoms with E-state index in [9.17, 15) is 17.6 Å². The maximum Gasteiger partial charge on any atom is 0.202 e. The summed E-state index contributed by atoms with van der Waals surface area (Å²) in [7, 11) is -3.02. The highest BCUT2D eigenvalue weighted by molar-refractivity contribution is 9.10. The Morgan fingerprint density at radius 3 is 2.69 bits per heavy atom. The summed E-state index contributed by atoms with van der Waals surface area (Å²) in [6.07, 6.45) is 0.549. The van der Waals surface area contributed by atoms with Crippen molar-refractivity contribution in [3.05, 3.63) is 51.5 Å². The number of benzene rings is 1. The van der Waals surface area contributed by atoms with Crippen LogP contribution >= 0.6 is 15.9 Å². The molecule has 0 spiro atoms. The smallest absolute Gasteiger partial charge is 0.202 e. The van der Waals surface area contributed by atoms with Gasteiger partial charge in [0.25, 0.3) is 0 Å². The number of rotatable bonds is 5. The Morgan fingerprint density at radius 2 is 2.08 bits per heavy atom. The molecule has 1 aromatic heterocycles. The summed E-state index contributed by atoms with van der Waals surface area (Å²) in [6.45, 7) is 3.36. The first-order valence-electron chi connectivity index (χ1n) is 8.18. The molecular formula is C18H19BrFNO4S. The lowest BCUT2D eigenvalue weighted by Gasteiger charge is -2.16. The monoisotopic (exact) mass is 443 g/mol. The minimum Gasteiger partial charge on any atom is -0.482 e. The molecule has 1 atom stereocenters. The Bertz CT molecular complexity index is 968. The van der Waals surface area contributed by atoms with Gasteiger partial charge in [-0.25, -0.2) is 12.8 Å². The zero-order chi connectivity index (χ0) is 19.1. The second-order valence-electron chi connectivity index (χ2n) is 6.50. The van der Waals surface area contributed by atoms with Gasteiger partial charge in [0, 0.05) is 27.5 Å². The topological polar surface area (TPSA) is 65.4 Å². The molecule has 140 valence electrons. The van der Waals surface area contributed by atoms with E-state index in [1.54, 1.807) is 19.1 Å². The van der Waals surface area contributed by atoms with E-state index in [0.29, 0.717) is 16.5 Å². The lowest BCUT2D eigenvalue weighted by atomic mass is 10.1. The quantitative estimate of drug-likeness (QED) is 0.661. The van der Waals surface area contributed by atoms with Gasteiger partial charge in [-0.1, -0.05) is 15.9 Å². The first-order valence-corrected chi connectivity index (χ1v) is 10.8. The van der Waals surface area contributed by atoms with Crippen molar-refractivity contribution in [2.75, 3.05) is 18.1 Å². The third-order valence-corrected chi connectivity index (χ3v) is 6.85. The molecule has 0 aliphatic carbocycles. The Hall–Kier alpha value is -1.67. The number of halogens is 2. The summed E-state index contributed by atoms with van der Waals surface area (Å²) in [6, 6.07) is 5.96. The van der Waals surface area contributed by atoms with Crippen molar-refractivity contribution in [1.29, 1.82) is 0 Å². The molecule has 0 saturated carbocycles. The number of carbonyl (C=O) groups is 1. The molecule has 1 aliphatic heterocycles. The van der Waals surface area contributed by atoms with Crippen LogP contribution in [-0.4, -0.2) is 36.9 Å². The van der Waals surface area contributed by atoms with Crippen molar-refractivity contribution in [3.8, 4) is 5.75 Å². The molecule has 5 nitrogen and oxygen atoms in total. The number of aromatic nitrogens is 1. The van der Waals surface area contributed by atoms with Crippen LogP contribution in [0.4, 0.5) is 4.39 Å². The number of Topliss-reactive ketones (excluding diaryl/α,β-unsaturated/α-hetero) is 1. The second kappa shape index (κ2) is 7.15. The minimum atomic E-state index is -3.02. The van der Waals surface area contributed by atoms with Gasteiger partial charge in [-0.3, -0.25) is 4.79 Å². The number of aryl methyl sites for hydroxylation is 1. The predicted molar refractivity (Wildman–Crippen MR) is 100 cm³/mol. The first-order chi connectivity index (χ1) is 12.2. The molecule has 2 aromatic rings. The summed E-state index contributed by atoms with van der Waals surface area (Å²) in [5.41, 5.74) is 2.03. The fourth-order valence-corrected chi connectivity index (χ4v) is 5.45. The maximum atomic E-state index is 13.8. The van der Waals surface area contributed by atoms with Gasteiger partial charge in [-0.05, 0) is 44.5 Å². The molecule has 0 radical (unpaired) electrons. The van der Waals surface area contributed by atoms with E-state index in [4.69, 9.17) is 4.74 Å². The van der Waals surface area contributed by atoms with Crippen LogP contribution in [0.25, 0.3) is 0 Å². The van der Waals surface area contributed by atoms with E-state index in [-0.39, 0.29) is 35.7 Å². The van der Waals surface area contributed by atoms with E-state index >= 15 is 0 Å². The van der Waals surface area contributed by atoms with Gasteiger partial charge in [0.1, 0.15) is 0 Å². The standard InChI is InChI=1S/C18H19BrFNO4S/c1-11-7-15(12(2)21(11)14-5-6-26(23,24)10-14)17(22)9-25-18-4-3-13(19)8-16(18)20/h3-4,7-8,14H,5-6,9-10H2,1-2H3/t14-/m0/s1. The van der Waals surface area contributed by atoms with Gasteiger partial charge in [-0.15, -0.1) is 0 Å². The van der Waals surface area contributed by atoms with Gasteiger partial charge in [0.2, 0.25) is 5.78 Å². The molecule has 2 heterocycles.